The maximum absolute atomic E-state index is 12.1. The minimum Gasteiger partial charge on any atom is -0.467 e. The number of nitrogens with zero attached hydrogens (tertiary/aromatic N) is 5. The molecule has 0 fully saturated rings. The third-order valence-corrected chi connectivity index (χ3v) is 3.74. The zero-order valence-corrected chi connectivity index (χ0v) is 14.3. The number of aromatic nitrogens is 5. The minimum absolute atomic E-state index is 0.191. The number of hydrogen-bond acceptors (Lipinski definition) is 5. The largest absolute Gasteiger partial charge is 0.467 e. The van der Waals surface area contributed by atoms with E-state index in [1.54, 1.807) is 16.8 Å². The van der Waals surface area contributed by atoms with Crippen LogP contribution in [0, 0.1) is 6.92 Å². The van der Waals surface area contributed by atoms with Crippen LogP contribution in [0.5, 0.6) is 5.88 Å². The van der Waals surface area contributed by atoms with Gasteiger partial charge in [-0.25, -0.2) is 4.68 Å². The number of alkyl halides is 3. The normalized spacial score (nSPS) is 11.6. The van der Waals surface area contributed by atoms with E-state index in [-0.39, 0.29) is 12.4 Å². The molecule has 0 N–H and O–H groups in total. The summed E-state index contributed by atoms with van der Waals surface area (Å²) in [5.41, 5.74) is 2.91. The van der Waals surface area contributed by atoms with E-state index in [0.29, 0.717) is 16.4 Å². The Balaban J connectivity index is 1.70. The fraction of sp³-hybridized carbons (Fsp3) is 0.250. The van der Waals surface area contributed by atoms with Crippen molar-refractivity contribution in [3.63, 3.8) is 0 Å². The van der Waals surface area contributed by atoms with E-state index < -0.39 is 12.8 Å². The van der Waals surface area contributed by atoms with E-state index >= 15 is 0 Å². The van der Waals surface area contributed by atoms with Crippen molar-refractivity contribution in [2.24, 2.45) is 0 Å². The first kappa shape index (κ1) is 18.1. The van der Waals surface area contributed by atoms with Gasteiger partial charge >= 0.3 is 6.18 Å². The summed E-state index contributed by atoms with van der Waals surface area (Å²) in [7, 11) is 0. The van der Waals surface area contributed by atoms with E-state index in [9.17, 15) is 13.2 Å². The number of benzene rings is 1. The quantitative estimate of drug-likeness (QED) is 0.672. The van der Waals surface area contributed by atoms with Crippen LogP contribution in [0.15, 0.2) is 36.4 Å². The highest BCUT2D eigenvalue weighted by Gasteiger charge is 2.28. The first-order chi connectivity index (χ1) is 12.3. The van der Waals surface area contributed by atoms with Crippen molar-refractivity contribution in [1.29, 1.82) is 0 Å². The zero-order chi connectivity index (χ0) is 18.7. The van der Waals surface area contributed by atoms with E-state index in [0.717, 1.165) is 11.3 Å². The highest BCUT2D eigenvalue weighted by molar-refractivity contribution is 6.30. The third kappa shape index (κ3) is 4.48. The molecule has 0 aliphatic rings. The van der Waals surface area contributed by atoms with Crippen molar-refractivity contribution in [3.05, 3.63) is 52.8 Å². The Kier molecular flexibility index (Phi) is 5.08. The van der Waals surface area contributed by atoms with Gasteiger partial charge in [0.15, 0.2) is 6.61 Å². The molecule has 3 rings (SSSR count). The molecule has 0 aliphatic carbocycles. The van der Waals surface area contributed by atoms with Crippen molar-refractivity contribution in [1.82, 2.24) is 25.2 Å². The molecule has 26 heavy (non-hydrogen) atoms. The fourth-order valence-corrected chi connectivity index (χ4v) is 2.33. The summed E-state index contributed by atoms with van der Waals surface area (Å²) in [6, 6.07) is 10.1. The van der Waals surface area contributed by atoms with Crippen molar-refractivity contribution >= 4 is 11.6 Å². The lowest BCUT2D eigenvalue weighted by Crippen LogP contribution is -2.19. The minimum atomic E-state index is -4.42. The lowest BCUT2D eigenvalue weighted by atomic mass is 10.1. The topological polar surface area (TPSA) is 65.7 Å². The Bertz CT molecular complexity index is 878. The second-order valence-corrected chi connectivity index (χ2v) is 5.89. The van der Waals surface area contributed by atoms with Crippen LogP contribution in [0.3, 0.4) is 0 Å². The average Bonchev–Trinajstić information content (AvgIpc) is 2.95. The van der Waals surface area contributed by atoms with E-state index in [2.05, 4.69) is 25.2 Å². The van der Waals surface area contributed by atoms with Gasteiger partial charge in [0.05, 0.1) is 17.9 Å². The van der Waals surface area contributed by atoms with Gasteiger partial charge in [0.2, 0.25) is 5.88 Å². The fourth-order valence-electron chi connectivity index (χ4n) is 2.20. The Labute approximate surface area is 151 Å². The molecule has 0 radical (unpaired) electrons. The zero-order valence-electron chi connectivity index (χ0n) is 13.5. The van der Waals surface area contributed by atoms with E-state index in [4.69, 9.17) is 11.6 Å². The summed E-state index contributed by atoms with van der Waals surface area (Å²) in [6.07, 6.45) is -4.42. The molecular weight excluding hydrogens is 371 g/mol. The standard InChI is InChI=1S/C16H13ClF3N5O/c1-10-15(11-2-4-12(17)5-3-11)23-24-25(10)8-13-6-7-14(22-21-13)26-9-16(18,19)20/h2-7H,8-9H2,1H3. The van der Waals surface area contributed by atoms with Crippen molar-refractivity contribution < 1.29 is 17.9 Å². The molecule has 0 bridgehead atoms. The molecule has 0 aliphatic heterocycles. The molecule has 0 saturated carbocycles. The SMILES string of the molecule is Cc1c(-c2ccc(Cl)cc2)nnn1Cc1ccc(OCC(F)(F)F)nn1. The maximum Gasteiger partial charge on any atom is 0.422 e. The molecule has 3 aromatic rings. The summed E-state index contributed by atoms with van der Waals surface area (Å²) in [4.78, 5) is 0. The predicted octanol–water partition coefficient (Wildman–Crippen LogP) is 3.69. The predicted molar refractivity (Wildman–Crippen MR) is 87.9 cm³/mol. The Morgan fingerprint density at radius 3 is 2.38 bits per heavy atom. The van der Waals surface area contributed by atoms with Crippen LogP contribution in [0.25, 0.3) is 11.3 Å². The van der Waals surface area contributed by atoms with Crippen molar-refractivity contribution in [2.75, 3.05) is 6.61 Å². The first-order valence-corrected chi connectivity index (χ1v) is 7.88. The number of ether oxygens (including phenoxy) is 1. The number of halogens is 4. The van der Waals surface area contributed by atoms with Crippen LogP contribution in [-0.2, 0) is 6.54 Å². The van der Waals surface area contributed by atoms with Crippen LogP contribution in [0.4, 0.5) is 13.2 Å². The van der Waals surface area contributed by atoms with Crippen LogP contribution < -0.4 is 4.74 Å². The molecule has 0 atom stereocenters. The van der Waals surface area contributed by atoms with E-state index in [1.807, 2.05) is 19.1 Å². The van der Waals surface area contributed by atoms with E-state index in [1.165, 1.54) is 12.1 Å². The molecule has 0 unspecified atom stereocenters. The van der Waals surface area contributed by atoms with Gasteiger partial charge in [-0.05, 0) is 25.1 Å². The lowest BCUT2D eigenvalue weighted by molar-refractivity contribution is -0.154. The summed E-state index contributed by atoms with van der Waals surface area (Å²) < 4.78 is 42.5. The summed E-state index contributed by atoms with van der Waals surface area (Å²) in [5.74, 6) is -0.191. The van der Waals surface area contributed by atoms with Gasteiger partial charge in [-0.3, -0.25) is 0 Å². The monoisotopic (exact) mass is 383 g/mol. The maximum atomic E-state index is 12.1. The molecule has 0 saturated heterocycles. The van der Waals surface area contributed by atoms with Crippen LogP contribution in [0.1, 0.15) is 11.4 Å². The van der Waals surface area contributed by atoms with Gasteiger partial charge in [0, 0.05) is 16.7 Å². The van der Waals surface area contributed by atoms with Gasteiger partial charge in [-0.2, -0.15) is 13.2 Å². The van der Waals surface area contributed by atoms with Crippen molar-refractivity contribution in [3.8, 4) is 17.1 Å². The average molecular weight is 384 g/mol. The van der Waals surface area contributed by atoms with Crippen LogP contribution in [-0.4, -0.2) is 38.0 Å². The number of rotatable bonds is 5. The lowest BCUT2D eigenvalue weighted by Gasteiger charge is -2.08. The smallest absolute Gasteiger partial charge is 0.422 e. The second-order valence-electron chi connectivity index (χ2n) is 5.45. The summed E-state index contributed by atoms with van der Waals surface area (Å²) >= 11 is 5.88. The Morgan fingerprint density at radius 2 is 1.77 bits per heavy atom. The number of hydrogen-bond donors (Lipinski definition) is 0. The second kappa shape index (κ2) is 7.28. The van der Waals surface area contributed by atoms with Crippen molar-refractivity contribution in [2.45, 2.75) is 19.6 Å². The molecule has 136 valence electrons. The highest BCUT2D eigenvalue weighted by atomic mass is 35.5. The van der Waals surface area contributed by atoms with Gasteiger partial charge in [-0.15, -0.1) is 15.3 Å². The highest BCUT2D eigenvalue weighted by Crippen LogP contribution is 2.23. The molecule has 0 amide bonds. The Hall–Kier alpha value is -2.68. The summed E-state index contributed by atoms with van der Waals surface area (Å²) in [5, 5.41) is 16.4. The van der Waals surface area contributed by atoms with Gasteiger partial charge in [0.1, 0.15) is 5.69 Å². The first-order valence-electron chi connectivity index (χ1n) is 7.50. The molecule has 2 aromatic heterocycles. The molecule has 2 heterocycles. The molecule has 0 spiro atoms. The molecule has 6 nitrogen and oxygen atoms in total. The van der Waals surface area contributed by atoms with Gasteiger partial charge in [0.25, 0.3) is 0 Å². The third-order valence-electron chi connectivity index (χ3n) is 3.49. The van der Waals surface area contributed by atoms with Gasteiger partial charge in [-0.1, -0.05) is 28.9 Å². The van der Waals surface area contributed by atoms with Gasteiger partial charge < -0.3 is 4.74 Å². The molecule has 10 heteroatoms. The molecule has 1 aromatic carbocycles. The van der Waals surface area contributed by atoms with Crippen LogP contribution in [0.2, 0.25) is 5.02 Å². The Morgan fingerprint density at radius 1 is 1.04 bits per heavy atom. The van der Waals surface area contributed by atoms with Crippen LogP contribution >= 0.6 is 11.6 Å². The molecular formula is C16H13ClF3N5O. The summed E-state index contributed by atoms with van der Waals surface area (Å²) in [6.45, 7) is 0.727.